The standard InChI is InChI=1S/C11H14/c1-9-5-4-8-11(9)10-6-2-3-7-10/h2-3,6-7,10-11H,1,4-5,8H2. The van der Waals surface area contributed by atoms with E-state index in [0.29, 0.717) is 5.92 Å². The van der Waals surface area contributed by atoms with E-state index in [2.05, 4.69) is 30.9 Å². The van der Waals surface area contributed by atoms with E-state index in [1.807, 2.05) is 0 Å². The normalized spacial score (nSPS) is 30.5. The van der Waals surface area contributed by atoms with E-state index < -0.39 is 0 Å². The molecule has 0 radical (unpaired) electrons. The third-order valence-corrected chi connectivity index (χ3v) is 2.78. The van der Waals surface area contributed by atoms with Crippen LogP contribution in [0, 0.1) is 11.8 Å². The van der Waals surface area contributed by atoms with Crippen molar-refractivity contribution in [3.63, 3.8) is 0 Å². The predicted molar refractivity (Wildman–Crippen MR) is 48.3 cm³/mol. The summed E-state index contributed by atoms with van der Waals surface area (Å²) in [4.78, 5) is 0. The number of allylic oxidation sites excluding steroid dienone is 5. The first-order valence-electron chi connectivity index (χ1n) is 4.40. The molecule has 11 heavy (non-hydrogen) atoms. The molecule has 0 heterocycles. The third-order valence-electron chi connectivity index (χ3n) is 2.78. The molecule has 0 bridgehead atoms. The van der Waals surface area contributed by atoms with Gasteiger partial charge >= 0.3 is 0 Å². The van der Waals surface area contributed by atoms with Crippen LogP contribution in [0.5, 0.6) is 0 Å². The van der Waals surface area contributed by atoms with Crippen molar-refractivity contribution in [2.24, 2.45) is 11.8 Å². The monoisotopic (exact) mass is 146 g/mol. The first kappa shape index (κ1) is 6.90. The fraction of sp³-hybridized carbons (Fsp3) is 0.455. The molecule has 0 nitrogen and oxygen atoms in total. The minimum atomic E-state index is 0.671. The molecule has 1 atom stereocenters. The zero-order valence-corrected chi connectivity index (χ0v) is 6.79. The Morgan fingerprint density at radius 3 is 2.55 bits per heavy atom. The summed E-state index contributed by atoms with van der Waals surface area (Å²) in [6, 6.07) is 0. The summed E-state index contributed by atoms with van der Waals surface area (Å²) in [5, 5.41) is 0. The Bertz CT molecular complexity index is 208. The summed E-state index contributed by atoms with van der Waals surface area (Å²) in [6.07, 6.45) is 12.8. The van der Waals surface area contributed by atoms with Gasteiger partial charge < -0.3 is 0 Å². The number of hydrogen-bond donors (Lipinski definition) is 0. The molecule has 0 spiro atoms. The van der Waals surface area contributed by atoms with Gasteiger partial charge in [0.1, 0.15) is 0 Å². The second kappa shape index (κ2) is 2.69. The second-order valence-corrected chi connectivity index (χ2v) is 3.50. The maximum Gasteiger partial charge on any atom is 0.00182 e. The van der Waals surface area contributed by atoms with Gasteiger partial charge in [-0.1, -0.05) is 36.5 Å². The zero-order valence-electron chi connectivity index (χ0n) is 6.79. The van der Waals surface area contributed by atoms with Gasteiger partial charge in [-0.25, -0.2) is 0 Å². The van der Waals surface area contributed by atoms with Crippen LogP contribution in [0.25, 0.3) is 0 Å². The molecule has 0 aromatic rings. The van der Waals surface area contributed by atoms with Crippen molar-refractivity contribution in [1.29, 1.82) is 0 Å². The SMILES string of the molecule is C=C1CCCC1C1C=CC=C1. The molecule has 1 saturated carbocycles. The van der Waals surface area contributed by atoms with E-state index in [9.17, 15) is 0 Å². The Morgan fingerprint density at radius 2 is 2.00 bits per heavy atom. The highest BCUT2D eigenvalue weighted by Crippen LogP contribution is 2.37. The van der Waals surface area contributed by atoms with Crippen LogP contribution in [0.15, 0.2) is 36.5 Å². The summed E-state index contributed by atoms with van der Waals surface area (Å²) < 4.78 is 0. The molecule has 0 aromatic carbocycles. The molecule has 1 unspecified atom stereocenters. The highest BCUT2D eigenvalue weighted by Gasteiger charge is 2.25. The average molecular weight is 146 g/mol. The largest absolute Gasteiger partial charge is 0.0995 e. The minimum absolute atomic E-state index is 0.671. The van der Waals surface area contributed by atoms with E-state index in [1.165, 1.54) is 24.8 Å². The van der Waals surface area contributed by atoms with Crippen LogP contribution in [-0.4, -0.2) is 0 Å². The summed E-state index contributed by atoms with van der Waals surface area (Å²) in [5.74, 6) is 1.43. The van der Waals surface area contributed by atoms with Crippen molar-refractivity contribution in [2.75, 3.05) is 0 Å². The van der Waals surface area contributed by atoms with E-state index in [-0.39, 0.29) is 0 Å². The molecule has 0 aliphatic heterocycles. The van der Waals surface area contributed by atoms with E-state index in [4.69, 9.17) is 0 Å². The van der Waals surface area contributed by atoms with Crippen LogP contribution in [0.4, 0.5) is 0 Å². The molecular formula is C11H14. The fourth-order valence-electron chi connectivity index (χ4n) is 2.12. The average Bonchev–Trinajstić information content (AvgIpc) is 2.55. The molecule has 0 heteroatoms. The van der Waals surface area contributed by atoms with Gasteiger partial charge in [0, 0.05) is 5.92 Å². The lowest BCUT2D eigenvalue weighted by molar-refractivity contribution is 0.544. The minimum Gasteiger partial charge on any atom is -0.0995 e. The Labute approximate surface area is 68.3 Å². The topological polar surface area (TPSA) is 0 Å². The van der Waals surface area contributed by atoms with Crippen molar-refractivity contribution in [3.8, 4) is 0 Å². The Hall–Kier alpha value is -0.780. The fourth-order valence-corrected chi connectivity index (χ4v) is 2.12. The summed E-state index contributed by atoms with van der Waals surface area (Å²) in [6.45, 7) is 4.11. The summed E-state index contributed by atoms with van der Waals surface area (Å²) in [7, 11) is 0. The smallest absolute Gasteiger partial charge is 0.00182 e. The number of hydrogen-bond acceptors (Lipinski definition) is 0. The van der Waals surface area contributed by atoms with Gasteiger partial charge in [0.25, 0.3) is 0 Å². The summed E-state index contributed by atoms with van der Waals surface area (Å²) in [5.41, 5.74) is 1.46. The van der Waals surface area contributed by atoms with Crippen molar-refractivity contribution >= 4 is 0 Å². The van der Waals surface area contributed by atoms with Crippen molar-refractivity contribution in [2.45, 2.75) is 19.3 Å². The van der Waals surface area contributed by atoms with Crippen molar-refractivity contribution in [3.05, 3.63) is 36.5 Å². The molecule has 0 amide bonds. The lowest BCUT2D eigenvalue weighted by atomic mass is 9.90. The molecule has 58 valence electrons. The molecule has 2 aliphatic rings. The first-order valence-corrected chi connectivity index (χ1v) is 4.40. The van der Waals surface area contributed by atoms with Gasteiger partial charge in [0.15, 0.2) is 0 Å². The second-order valence-electron chi connectivity index (χ2n) is 3.50. The maximum atomic E-state index is 4.11. The van der Waals surface area contributed by atoms with Crippen molar-refractivity contribution < 1.29 is 0 Å². The zero-order chi connectivity index (χ0) is 7.68. The van der Waals surface area contributed by atoms with Crippen LogP contribution in [0.2, 0.25) is 0 Å². The van der Waals surface area contributed by atoms with Crippen LogP contribution < -0.4 is 0 Å². The van der Waals surface area contributed by atoms with Crippen LogP contribution in [0.1, 0.15) is 19.3 Å². The Morgan fingerprint density at radius 1 is 1.27 bits per heavy atom. The Balaban J connectivity index is 2.09. The highest BCUT2D eigenvalue weighted by atomic mass is 14.3. The van der Waals surface area contributed by atoms with Gasteiger partial charge in [-0.3, -0.25) is 0 Å². The lowest BCUT2D eigenvalue weighted by Crippen LogP contribution is -2.05. The van der Waals surface area contributed by atoms with Gasteiger partial charge in [-0.05, 0) is 25.2 Å². The quantitative estimate of drug-likeness (QED) is 0.499. The van der Waals surface area contributed by atoms with Crippen LogP contribution in [-0.2, 0) is 0 Å². The number of rotatable bonds is 1. The molecule has 1 fully saturated rings. The van der Waals surface area contributed by atoms with Gasteiger partial charge in [0.05, 0.1) is 0 Å². The van der Waals surface area contributed by atoms with Crippen molar-refractivity contribution in [1.82, 2.24) is 0 Å². The highest BCUT2D eigenvalue weighted by molar-refractivity contribution is 5.23. The molecule has 0 saturated heterocycles. The first-order chi connectivity index (χ1) is 5.38. The Kier molecular flexibility index (Phi) is 1.69. The van der Waals surface area contributed by atoms with Crippen LogP contribution in [0.3, 0.4) is 0 Å². The molecule has 2 aliphatic carbocycles. The molecule has 0 aromatic heterocycles. The molecule has 0 N–H and O–H groups in total. The molecule has 2 rings (SSSR count). The predicted octanol–water partition coefficient (Wildman–Crippen LogP) is 3.08. The van der Waals surface area contributed by atoms with Gasteiger partial charge in [-0.15, -0.1) is 0 Å². The van der Waals surface area contributed by atoms with Gasteiger partial charge in [0.2, 0.25) is 0 Å². The third kappa shape index (κ3) is 1.18. The molecular weight excluding hydrogens is 132 g/mol. The van der Waals surface area contributed by atoms with Gasteiger partial charge in [-0.2, -0.15) is 0 Å². The van der Waals surface area contributed by atoms with E-state index in [1.54, 1.807) is 0 Å². The maximum absolute atomic E-state index is 4.11. The lowest BCUT2D eigenvalue weighted by Gasteiger charge is -2.15. The summed E-state index contributed by atoms with van der Waals surface area (Å²) >= 11 is 0. The van der Waals surface area contributed by atoms with E-state index in [0.717, 1.165) is 5.92 Å². The van der Waals surface area contributed by atoms with E-state index >= 15 is 0 Å². The van der Waals surface area contributed by atoms with Crippen LogP contribution >= 0.6 is 0 Å².